The summed E-state index contributed by atoms with van der Waals surface area (Å²) in [5.41, 5.74) is 4.96. The van der Waals surface area contributed by atoms with E-state index in [0.717, 1.165) is 38.0 Å². The number of likely N-dealkylation sites (N-methyl/N-ethyl adjacent to an activating group) is 1. The van der Waals surface area contributed by atoms with Gasteiger partial charge in [-0.1, -0.05) is 37.3 Å². The van der Waals surface area contributed by atoms with Crippen LogP contribution in [0.3, 0.4) is 0 Å². The van der Waals surface area contributed by atoms with Crippen LogP contribution in [0.15, 0.2) is 42.5 Å². The van der Waals surface area contributed by atoms with Gasteiger partial charge in [-0.2, -0.15) is 0 Å². The first-order valence-corrected chi connectivity index (χ1v) is 11.9. The van der Waals surface area contributed by atoms with Crippen LogP contribution >= 0.6 is 0 Å². The molecule has 1 N–H and O–H groups in total. The SMILES string of the molecule is CCC1c2cc(F)ccc2Cc2ccccc2[C@H]1CCO.COCCN1CCN(C)CC1. The minimum atomic E-state index is -0.166. The third kappa shape index (κ3) is 6.38. The number of aliphatic hydroxyl groups excluding tert-OH is 1. The molecule has 2 aromatic rings. The zero-order valence-corrected chi connectivity index (χ0v) is 19.9. The number of benzene rings is 2. The molecule has 1 saturated heterocycles. The van der Waals surface area contributed by atoms with Crippen molar-refractivity contribution >= 4 is 0 Å². The summed E-state index contributed by atoms with van der Waals surface area (Å²) in [6, 6.07) is 13.6. The van der Waals surface area contributed by atoms with Crippen molar-refractivity contribution in [3.05, 3.63) is 70.5 Å². The fourth-order valence-corrected chi connectivity index (χ4v) is 5.06. The van der Waals surface area contributed by atoms with Gasteiger partial charge in [0, 0.05) is 46.4 Å². The quantitative estimate of drug-likeness (QED) is 0.725. The van der Waals surface area contributed by atoms with Gasteiger partial charge in [-0.15, -0.1) is 0 Å². The number of fused-ring (bicyclic) bond motifs is 2. The highest BCUT2D eigenvalue weighted by atomic mass is 19.1. The number of aliphatic hydroxyl groups is 1. The molecule has 0 saturated carbocycles. The topological polar surface area (TPSA) is 35.9 Å². The zero-order chi connectivity index (χ0) is 22.9. The minimum absolute atomic E-state index is 0.166. The van der Waals surface area contributed by atoms with Crippen LogP contribution in [0, 0.1) is 5.82 Å². The molecule has 1 aliphatic carbocycles. The summed E-state index contributed by atoms with van der Waals surface area (Å²) in [5, 5.41) is 9.48. The molecule has 1 aliphatic heterocycles. The Bertz CT molecular complexity index is 833. The number of hydrogen-bond donors (Lipinski definition) is 1. The van der Waals surface area contributed by atoms with Crippen LogP contribution in [-0.4, -0.2) is 75.0 Å². The number of piperazine rings is 1. The molecule has 0 aromatic heterocycles. The van der Waals surface area contributed by atoms with Gasteiger partial charge in [-0.25, -0.2) is 4.39 Å². The molecule has 0 spiro atoms. The van der Waals surface area contributed by atoms with E-state index in [1.54, 1.807) is 19.2 Å². The molecule has 2 atom stereocenters. The summed E-state index contributed by atoms with van der Waals surface area (Å²) in [6.07, 6.45) is 2.53. The van der Waals surface area contributed by atoms with Crippen molar-refractivity contribution in [1.82, 2.24) is 9.80 Å². The Balaban J connectivity index is 0.000000222. The lowest BCUT2D eigenvalue weighted by atomic mass is 9.78. The van der Waals surface area contributed by atoms with E-state index in [4.69, 9.17) is 4.74 Å². The highest BCUT2D eigenvalue weighted by Crippen LogP contribution is 2.44. The molecule has 176 valence electrons. The first-order valence-electron chi connectivity index (χ1n) is 11.9. The number of halogens is 1. The standard InChI is InChI=1S/C19H21FO.C8H18N2O/c1-2-16-18(9-10-21)17-6-4-3-5-13(17)11-14-7-8-15(20)12-19(14)16;1-9-3-5-10(6-4-9)7-8-11-2/h3-8,12,16,18,21H,2,9-11H2,1H3;3-8H2,1-2H3/t16?,18-;/m0./s1. The van der Waals surface area contributed by atoms with Crippen molar-refractivity contribution in [3.8, 4) is 0 Å². The van der Waals surface area contributed by atoms with Crippen molar-refractivity contribution < 1.29 is 14.2 Å². The molecule has 0 amide bonds. The van der Waals surface area contributed by atoms with Crippen LogP contribution in [0.25, 0.3) is 0 Å². The molecule has 4 nitrogen and oxygen atoms in total. The third-order valence-electron chi connectivity index (χ3n) is 6.92. The number of nitrogens with zero attached hydrogens (tertiary/aromatic N) is 2. The largest absolute Gasteiger partial charge is 0.396 e. The average molecular weight is 443 g/mol. The van der Waals surface area contributed by atoms with Gasteiger partial charge in [0.15, 0.2) is 0 Å². The Labute approximate surface area is 193 Å². The average Bonchev–Trinajstić information content (AvgIpc) is 2.93. The first kappa shape index (κ1) is 24.8. The van der Waals surface area contributed by atoms with Crippen molar-refractivity contribution in [1.29, 1.82) is 0 Å². The maximum atomic E-state index is 13.7. The van der Waals surface area contributed by atoms with Gasteiger partial charge in [0.05, 0.1) is 6.61 Å². The van der Waals surface area contributed by atoms with E-state index in [9.17, 15) is 9.50 Å². The lowest BCUT2D eigenvalue weighted by Crippen LogP contribution is -2.45. The summed E-state index contributed by atoms with van der Waals surface area (Å²) in [6.45, 7) is 9.05. The minimum Gasteiger partial charge on any atom is -0.396 e. The van der Waals surface area contributed by atoms with Crippen molar-refractivity contribution in [3.63, 3.8) is 0 Å². The first-order chi connectivity index (χ1) is 15.6. The molecule has 4 rings (SSSR count). The van der Waals surface area contributed by atoms with Crippen molar-refractivity contribution in [2.45, 2.75) is 38.0 Å². The molecule has 5 heteroatoms. The van der Waals surface area contributed by atoms with Gasteiger partial charge >= 0.3 is 0 Å². The number of ether oxygens (including phenoxy) is 1. The van der Waals surface area contributed by atoms with E-state index in [2.05, 4.69) is 48.0 Å². The number of rotatable bonds is 6. The molecule has 1 fully saturated rings. The Morgan fingerprint density at radius 3 is 2.41 bits per heavy atom. The fourth-order valence-electron chi connectivity index (χ4n) is 5.06. The molecule has 32 heavy (non-hydrogen) atoms. The van der Waals surface area contributed by atoms with Crippen LogP contribution in [-0.2, 0) is 11.2 Å². The molecule has 0 bridgehead atoms. The lowest BCUT2D eigenvalue weighted by molar-refractivity contribution is 0.108. The summed E-state index contributed by atoms with van der Waals surface area (Å²) < 4.78 is 18.7. The highest BCUT2D eigenvalue weighted by molar-refractivity contribution is 5.45. The summed E-state index contributed by atoms with van der Waals surface area (Å²) in [5.74, 6) is 0.367. The van der Waals surface area contributed by atoms with Crippen LogP contribution in [0.2, 0.25) is 0 Å². The van der Waals surface area contributed by atoms with E-state index in [-0.39, 0.29) is 24.3 Å². The molecule has 0 radical (unpaired) electrons. The lowest BCUT2D eigenvalue weighted by Gasteiger charge is -2.31. The number of methoxy groups -OCH3 is 1. The van der Waals surface area contributed by atoms with Crippen molar-refractivity contribution in [2.24, 2.45) is 0 Å². The van der Waals surface area contributed by atoms with E-state index in [0.29, 0.717) is 0 Å². The molecule has 2 aliphatic rings. The normalized spacial score (nSPS) is 21.2. The maximum absolute atomic E-state index is 13.7. The molecule has 2 aromatic carbocycles. The smallest absolute Gasteiger partial charge is 0.123 e. The monoisotopic (exact) mass is 442 g/mol. The van der Waals surface area contributed by atoms with E-state index < -0.39 is 0 Å². The van der Waals surface area contributed by atoms with Gasteiger partial charge in [0.2, 0.25) is 0 Å². The predicted molar refractivity (Wildman–Crippen MR) is 129 cm³/mol. The molecule has 1 heterocycles. The second kappa shape index (κ2) is 12.4. The summed E-state index contributed by atoms with van der Waals surface area (Å²) >= 11 is 0. The van der Waals surface area contributed by atoms with Gasteiger partial charge < -0.3 is 14.7 Å². The second-order valence-corrected chi connectivity index (χ2v) is 8.99. The Morgan fingerprint density at radius 1 is 1.00 bits per heavy atom. The van der Waals surface area contributed by atoms with Crippen molar-refractivity contribution in [2.75, 3.05) is 60.1 Å². The second-order valence-electron chi connectivity index (χ2n) is 8.99. The maximum Gasteiger partial charge on any atom is 0.123 e. The summed E-state index contributed by atoms with van der Waals surface area (Å²) in [7, 11) is 3.93. The Kier molecular flexibility index (Phi) is 9.67. The molecular weight excluding hydrogens is 403 g/mol. The van der Waals surface area contributed by atoms with Gasteiger partial charge in [-0.3, -0.25) is 4.90 Å². The molecule has 1 unspecified atom stereocenters. The third-order valence-corrected chi connectivity index (χ3v) is 6.92. The number of hydrogen-bond acceptors (Lipinski definition) is 4. The Morgan fingerprint density at radius 2 is 1.72 bits per heavy atom. The fraction of sp³-hybridized carbons (Fsp3) is 0.556. The zero-order valence-electron chi connectivity index (χ0n) is 19.9. The van der Waals surface area contributed by atoms with Crippen LogP contribution in [0.4, 0.5) is 4.39 Å². The summed E-state index contributed by atoms with van der Waals surface area (Å²) in [4.78, 5) is 4.81. The predicted octanol–water partition coefficient (Wildman–Crippen LogP) is 4.27. The van der Waals surface area contributed by atoms with E-state index in [1.165, 1.54) is 42.9 Å². The van der Waals surface area contributed by atoms with Gasteiger partial charge in [0.25, 0.3) is 0 Å². The highest BCUT2D eigenvalue weighted by Gasteiger charge is 2.30. The Hall–Kier alpha value is -1.79. The van der Waals surface area contributed by atoms with Crippen LogP contribution in [0.1, 0.15) is 53.9 Å². The van der Waals surface area contributed by atoms with E-state index >= 15 is 0 Å². The van der Waals surface area contributed by atoms with Gasteiger partial charge in [0.1, 0.15) is 5.82 Å². The van der Waals surface area contributed by atoms with Crippen LogP contribution < -0.4 is 0 Å². The van der Waals surface area contributed by atoms with Crippen LogP contribution in [0.5, 0.6) is 0 Å². The molecular formula is C27H39FN2O2. The van der Waals surface area contributed by atoms with Gasteiger partial charge in [-0.05, 0) is 72.5 Å². The van der Waals surface area contributed by atoms with E-state index in [1.807, 2.05) is 6.07 Å².